The normalized spacial score (nSPS) is 9.25. The largest absolute Gasteiger partial charge is 0.484 e. The van der Waals surface area contributed by atoms with Gasteiger partial charge in [0.25, 0.3) is 5.91 Å². The summed E-state index contributed by atoms with van der Waals surface area (Å²) in [5, 5.41) is 5.11. The molecular formula is C13H20ClN3O3. The van der Waals surface area contributed by atoms with Crippen LogP contribution in [0, 0.1) is 0 Å². The fourth-order valence-electron chi connectivity index (χ4n) is 1.29. The van der Waals surface area contributed by atoms with Gasteiger partial charge in [0.05, 0.1) is 6.54 Å². The summed E-state index contributed by atoms with van der Waals surface area (Å²) in [6.07, 6.45) is 0.719. The van der Waals surface area contributed by atoms with E-state index in [1.165, 1.54) is 0 Å². The second-order valence-electron chi connectivity index (χ2n) is 3.87. The van der Waals surface area contributed by atoms with Crippen LogP contribution in [0.2, 0.25) is 0 Å². The van der Waals surface area contributed by atoms with Crippen molar-refractivity contribution in [2.45, 2.75) is 6.42 Å². The van der Waals surface area contributed by atoms with Gasteiger partial charge in [-0.1, -0.05) is 18.2 Å². The van der Waals surface area contributed by atoms with Crippen molar-refractivity contribution in [1.29, 1.82) is 0 Å². The van der Waals surface area contributed by atoms with Crippen LogP contribution >= 0.6 is 12.4 Å². The quantitative estimate of drug-likeness (QED) is 0.592. The number of hydrogen-bond donors (Lipinski definition) is 3. The predicted octanol–water partition coefficient (Wildman–Crippen LogP) is 0.0684. The molecular weight excluding hydrogens is 282 g/mol. The van der Waals surface area contributed by atoms with Crippen LogP contribution in [0.15, 0.2) is 30.3 Å². The van der Waals surface area contributed by atoms with Crippen LogP contribution in [0.5, 0.6) is 5.75 Å². The smallest absolute Gasteiger partial charge is 0.258 e. The molecule has 1 aromatic rings. The number of carbonyl (C=O) groups is 2. The van der Waals surface area contributed by atoms with Crippen LogP contribution in [0.25, 0.3) is 0 Å². The van der Waals surface area contributed by atoms with Gasteiger partial charge < -0.3 is 21.1 Å². The van der Waals surface area contributed by atoms with E-state index in [1.54, 1.807) is 12.1 Å². The van der Waals surface area contributed by atoms with Gasteiger partial charge in [-0.3, -0.25) is 9.59 Å². The Morgan fingerprint density at radius 2 is 1.80 bits per heavy atom. The molecule has 0 radical (unpaired) electrons. The molecule has 1 rings (SSSR count). The number of ether oxygens (including phenoxy) is 1. The van der Waals surface area contributed by atoms with Crippen molar-refractivity contribution in [3.05, 3.63) is 30.3 Å². The number of para-hydroxylation sites is 1. The van der Waals surface area contributed by atoms with E-state index in [9.17, 15) is 9.59 Å². The molecule has 6 nitrogen and oxygen atoms in total. The zero-order valence-electron chi connectivity index (χ0n) is 11.1. The number of hydrogen-bond acceptors (Lipinski definition) is 4. The van der Waals surface area contributed by atoms with E-state index in [0.717, 1.165) is 6.42 Å². The lowest BCUT2D eigenvalue weighted by Crippen LogP contribution is -2.39. The van der Waals surface area contributed by atoms with Crippen molar-refractivity contribution in [1.82, 2.24) is 10.6 Å². The van der Waals surface area contributed by atoms with E-state index < -0.39 is 0 Å². The summed E-state index contributed by atoms with van der Waals surface area (Å²) in [5.41, 5.74) is 5.29. The minimum atomic E-state index is -0.335. The number of carbonyl (C=O) groups excluding carboxylic acids is 2. The van der Waals surface area contributed by atoms with Gasteiger partial charge in [-0.15, -0.1) is 12.4 Å². The molecule has 0 aliphatic carbocycles. The summed E-state index contributed by atoms with van der Waals surface area (Å²) in [6.45, 7) is 0.880. The van der Waals surface area contributed by atoms with Crippen molar-refractivity contribution >= 4 is 24.2 Å². The third-order valence-electron chi connectivity index (χ3n) is 2.26. The number of nitrogens with two attached hydrogens (primary N) is 1. The first kappa shape index (κ1) is 18.2. The lowest BCUT2D eigenvalue weighted by Gasteiger charge is -2.07. The second kappa shape index (κ2) is 11.1. The molecule has 4 N–H and O–H groups in total. The molecule has 0 heterocycles. The molecule has 0 spiro atoms. The molecule has 1 aromatic carbocycles. The average Bonchev–Trinajstić information content (AvgIpc) is 2.44. The van der Waals surface area contributed by atoms with Crippen LogP contribution in [-0.2, 0) is 9.59 Å². The van der Waals surface area contributed by atoms with Gasteiger partial charge in [0.15, 0.2) is 6.61 Å². The maximum atomic E-state index is 11.4. The van der Waals surface area contributed by atoms with Crippen molar-refractivity contribution < 1.29 is 14.3 Å². The molecule has 0 saturated heterocycles. The van der Waals surface area contributed by atoms with Gasteiger partial charge in [-0.2, -0.15) is 0 Å². The van der Waals surface area contributed by atoms with Gasteiger partial charge in [-0.25, -0.2) is 0 Å². The van der Waals surface area contributed by atoms with Gasteiger partial charge in [0.2, 0.25) is 5.91 Å². The first-order valence-corrected chi connectivity index (χ1v) is 6.13. The monoisotopic (exact) mass is 301 g/mol. The Morgan fingerprint density at radius 3 is 2.45 bits per heavy atom. The fraction of sp³-hybridized carbons (Fsp3) is 0.385. The highest BCUT2D eigenvalue weighted by Crippen LogP contribution is 2.07. The molecule has 0 unspecified atom stereocenters. The maximum Gasteiger partial charge on any atom is 0.258 e. The molecule has 0 aromatic heterocycles. The second-order valence-corrected chi connectivity index (χ2v) is 3.87. The molecule has 0 saturated carbocycles. The first-order valence-electron chi connectivity index (χ1n) is 6.13. The SMILES string of the molecule is Cl.NCCCNC(=O)CNC(=O)COc1ccccc1. The van der Waals surface area contributed by atoms with Crippen LogP contribution in [-0.4, -0.2) is 38.1 Å². The summed E-state index contributed by atoms with van der Waals surface area (Å²) in [4.78, 5) is 22.7. The Hall–Kier alpha value is -1.79. The fourth-order valence-corrected chi connectivity index (χ4v) is 1.29. The van der Waals surface area contributed by atoms with E-state index in [0.29, 0.717) is 18.8 Å². The Morgan fingerprint density at radius 1 is 1.10 bits per heavy atom. The summed E-state index contributed by atoms with van der Waals surface area (Å²) >= 11 is 0. The molecule has 0 aliphatic rings. The highest BCUT2D eigenvalue weighted by atomic mass is 35.5. The van der Waals surface area contributed by atoms with Gasteiger partial charge in [0.1, 0.15) is 5.75 Å². The number of halogens is 1. The predicted molar refractivity (Wildman–Crippen MR) is 78.9 cm³/mol. The number of benzene rings is 1. The number of rotatable bonds is 8. The van der Waals surface area contributed by atoms with Crippen molar-refractivity contribution in [3.63, 3.8) is 0 Å². The van der Waals surface area contributed by atoms with Crippen LogP contribution in [0.3, 0.4) is 0 Å². The molecule has 0 fully saturated rings. The highest BCUT2D eigenvalue weighted by Gasteiger charge is 2.05. The average molecular weight is 302 g/mol. The Bertz CT molecular complexity index is 401. The van der Waals surface area contributed by atoms with Crippen molar-refractivity contribution in [2.24, 2.45) is 5.73 Å². The lowest BCUT2D eigenvalue weighted by molar-refractivity contribution is -0.127. The lowest BCUT2D eigenvalue weighted by atomic mass is 10.3. The highest BCUT2D eigenvalue weighted by molar-refractivity contribution is 5.85. The number of amides is 2. The third-order valence-corrected chi connectivity index (χ3v) is 2.26. The van der Waals surface area contributed by atoms with Gasteiger partial charge in [0, 0.05) is 6.54 Å². The van der Waals surface area contributed by atoms with Gasteiger partial charge in [-0.05, 0) is 25.1 Å². The zero-order valence-corrected chi connectivity index (χ0v) is 11.9. The van der Waals surface area contributed by atoms with E-state index in [1.807, 2.05) is 18.2 Å². The molecule has 0 atom stereocenters. The first-order chi connectivity index (χ1) is 9.22. The van der Waals surface area contributed by atoms with Crippen LogP contribution in [0.1, 0.15) is 6.42 Å². The molecule has 112 valence electrons. The summed E-state index contributed by atoms with van der Waals surface area (Å²) in [7, 11) is 0. The zero-order chi connectivity index (χ0) is 13.9. The molecule has 0 bridgehead atoms. The van der Waals surface area contributed by atoms with Gasteiger partial charge >= 0.3 is 0 Å². The minimum absolute atomic E-state index is 0. The van der Waals surface area contributed by atoms with Crippen LogP contribution < -0.4 is 21.1 Å². The summed E-state index contributed by atoms with van der Waals surface area (Å²) in [6, 6.07) is 9.01. The minimum Gasteiger partial charge on any atom is -0.484 e. The number of nitrogens with one attached hydrogen (secondary N) is 2. The Balaban J connectivity index is 0.00000361. The van der Waals surface area contributed by atoms with E-state index in [4.69, 9.17) is 10.5 Å². The molecule has 20 heavy (non-hydrogen) atoms. The molecule has 2 amide bonds. The van der Waals surface area contributed by atoms with E-state index >= 15 is 0 Å². The molecule has 7 heteroatoms. The molecule has 0 aliphatic heterocycles. The van der Waals surface area contributed by atoms with Crippen molar-refractivity contribution in [3.8, 4) is 5.75 Å². The Kier molecular flexibility index (Phi) is 10.1. The third kappa shape index (κ3) is 8.34. The van der Waals surface area contributed by atoms with Crippen molar-refractivity contribution in [2.75, 3.05) is 26.2 Å². The topological polar surface area (TPSA) is 93.5 Å². The summed E-state index contributed by atoms with van der Waals surface area (Å²) in [5.74, 6) is 0.0457. The standard InChI is InChI=1S/C13H19N3O3.ClH/c14-7-4-8-15-12(17)9-16-13(18)10-19-11-5-2-1-3-6-11;/h1-3,5-6H,4,7-10,14H2,(H,15,17)(H,16,18);1H. The Labute approximate surface area is 124 Å². The van der Waals surface area contributed by atoms with Crippen LogP contribution in [0.4, 0.5) is 0 Å². The maximum absolute atomic E-state index is 11.4. The van der Waals surface area contributed by atoms with E-state index in [2.05, 4.69) is 10.6 Å². The summed E-state index contributed by atoms with van der Waals surface area (Å²) < 4.78 is 5.24. The van der Waals surface area contributed by atoms with E-state index in [-0.39, 0.29) is 37.4 Å².